The second kappa shape index (κ2) is 7.41. The van der Waals surface area contributed by atoms with E-state index in [1.807, 2.05) is 30.3 Å². The van der Waals surface area contributed by atoms with Crippen LogP contribution < -0.4 is 0 Å². The Labute approximate surface area is 153 Å². The minimum Gasteiger partial charge on any atom is -0.203 e. The fourth-order valence-corrected chi connectivity index (χ4v) is 3.98. The molecule has 0 aliphatic heterocycles. The van der Waals surface area contributed by atoms with Crippen LogP contribution in [0, 0.1) is 11.6 Å². The van der Waals surface area contributed by atoms with Crippen molar-refractivity contribution in [3.05, 3.63) is 83.9 Å². The van der Waals surface area contributed by atoms with Crippen molar-refractivity contribution in [1.82, 2.24) is 0 Å². The second-order valence-electron chi connectivity index (χ2n) is 7.11. The third-order valence-electron chi connectivity index (χ3n) is 5.47. The van der Waals surface area contributed by atoms with Crippen LogP contribution >= 0.6 is 0 Å². The SMILES string of the molecule is Fc1c(-c2ccccc2)ccc(-c2ccc(C3CCCCC3)cc2)c1F. The highest BCUT2D eigenvalue weighted by Gasteiger charge is 2.18. The van der Waals surface area contributed by atoms with Gasteiger partial charge >= 0.3 is 0 Å². The first-order chi connectivity index (χ1) is 12.7. The first-order valence-corrected chi connectivity index (χ1v) is 9.38. The smallest absolute Gasteiger partial charge is 0.167 e. The Morgan fingerprint density at radius 1 is 0.577 bits per heavy atom. The van der Waals surface area contributed by atoms with E-state index in [1.165, 1.54) is 37.7 Å². The van der Waals surface area contributed by atoms with Gasteiger partial charge in [0, 0.05) is 11.1 Å². The Hall–Kier alpha value is -2.48. The normalized spacial score (nSPS) is 15.2. The molecule has 0 radical (unpaired) electrons. The maximum Gasteiger partial charge on any atom is 0.167 e. The van der Waals surface area contributed by atoms with Gasteiger partial charge < -0.3 is 0 Å². The van der Waals surface area contributed by atoms with Crippen LogP contribution in [0.5, 0.6) is 0 Å². The van der Waals surface area contributed by atoms with Gasteiger partial charge in [-0.05, 0) is 35.4 Å². The summed E-state index contributed by atoms with van der Waals surface area (Å²) in [5.41, 5.74) is 3.34. The van der Waals surface area contributed by atoms with Gasteiger partial charge in [0.15, 0.2) is 11.6 Å². The molecule has 0 N–H and O–H groups in total. The van der Waals surface area contributed by atoms with Gasteiger partial charge in [0.05, 0.1) is 0 Å². The van der Waals surface area contributed by atoms with Crippen LogP contribution in [0.2, 0.25) is 0 Å². The second-order valence-corrected chi connectivity index (χ2v) is 7.11. The van der Waals surface area contributed by atoms with E-state index < -0.39 is 11.6 Å². The predicted molar refractivity (Wildman–Crippen MR) is 103 cm³/mol. The molecule has 3 aromatic carbocycles. The Balaban J connectivity index is 1.64. The van der Waals surface area contributed by atoms with Crippen molar-refractivity contribution < 1.29 is 8.78 Å². The summed E-state index contributed by atoms with van der Waals surface area (Å²) in [5, 5.41) is 0. The van der Waals surface area contributed by atoms with Gasteiger partial charge in [0.2, 0.25) is 0 Å². The van der Waals surface area contributed by atoms with Gasteiger partial charge in [0.25, 0.3) is 0 Å². The molecule has 0 atom stereocenters. The van der Waals surface area contributed by atoms with E-state index >= 15 is 0 Å². The zero-order chi connectivity index (χ0) is 17.9. The van der Waals surface area contributed by atoms with Crippen LogP contribution in [0.3, 0.4) is 0 Å². The topological polar surface area (TPSA) is 0 Å². The zero-order valence-electron chi connectivity index (χ0n) is 14.7. The summed E-state index contributed by atoms with van der Waals surface area (Å²) < 4.78 is 29.3. The summed E-state index contributed by atoms with van der Waals surface area (Å²) >= 11 is 0. The Morgan fingerprint density at radius 2 is 1.12 bits per heavy atom. The van der Waals surface area contributed by atoms with E-state index in [0.29, 0.717) is 22.6 Å². The third kappa shape index (κ3) is 3.29. The molecule has 0 bridgehead atoms. The van der Waals surface area contributed by atoms with Crippen molar-refractivity contribution in [1.29, 1.82) is 0 Å². The van der Waals surface area contributed by atoms with Crippen LogP contribution in [-0.4, -0.2) is 0 Å². The summed E-state index contributed by atoms with van der Waals surface area (Å²) in [6, 6.07) is 20.4. The fourth-order valence-electron chi connectivity index (χ4n) is 3.98. The minimum atomic E-state index is -0.787. The van der Waals surface area contributed by atoms with Gasteiger partial charge in [0.1, 0.15) is 0 Å². The van der Waals surface area contributed by atoms with Crippen LogP contribution in [0.4, 0.5) is 8.78 Å². The van der Waals surface area contributed by atoms with Crippen molar-refractivity contribution in [3.8, 4) is 22.3 Å². The Kier molecular flexibility index (Phi) is 4.83. The van der Waals surface area contributed by atoms with Crippen LogP contribution in [0.1, 0.15) is 43.6 Å². The maximum absolute atomic E-state index is 14.7. The van der Waals surface area contributed by atoms with Gasteiger partial charge in [-0.3, -0.25) is 0 Å². The standard InChI is InChI=1S/C24H22F2/c25-23-21(19-9-5-2-6-10-19)15-16-22(24(23)26)20-13-11-18(12-14-20)17-7-3-1-4-8-17/h2,5-6,9-17H,1,3-4,7-8H2. The molecule has 1 aliphatic rings. The van der Waals surface area contributed by atoms with Crippen molar-refractivity contribution >= 4 is 0 Å². The molecule has 0 spiro atoms. The molecule has 132 valence electrons. The fraction of sp³-hybridized carbons (Fsp3) is 0.250. The van der Waals surface area contributed by atoms with Crippen LogP contribution in [0.25, 0.3) is 22.3 Å². The average Bonchev–Trinajstić information content (AvgIpc) is 2.71. The molecule has 4 rings (SSSR count). The first kappa shape index (κ1) is 17.0. The van der Waals surface area contributed by atoms with E-state index in [9.17, 15) is 8.78 Å². The molecule has 1 fully saturated rings. The van der Waals surface area contributed by atoms with E-state index in [2.05, 4.69) is 12.1 Å². The summed E-state index contributed by atoms with van der Waals surface area (Å²) in [5.74, 6) is -0.957. The van der Waals surface area contributed by atoms with E-state index in [-0.39, 0.29) is 0 Å². The van der Waals surface area contributed by atoms with Crippen LogP contribution in [-0.2, 0) is 0 Å². The minimum absolute atomic E-state index is 0.297. The lowest BCUT2D eigenvalue weighted by Crippen LogP contribution is -2.04. The number of hydrogen-bond acceptors (Lipinski definition) is 0. The molecule has 1 aliphatic carbocycles. The molecule has 0 aromatic heterocycles. The Bertz CT molecular complexity index is 876. The van der Waals surface area contributed by atoms with Gasteiger partial charge in [-0.1, -0.05) is 86.0 Å². The first-order valence-electron chi connectivity index (χ1n) is 9.38. The molecule has 2 heteroatoms. The summed E-state index contributed by atoms with van der Waals surface area (Å²) in [7, 11) is 0. The molecule has 0 saturated heterocycles. The van der Waals surface area contributed by atoms with Crippen molar-refractivity contribution in [2.24, 2.45) is 0 Å². The summed E-state index contributed by atoms with van der Waals surface area (Å²) in [6.07, 6.45) is 6.36. The predicted octanol–water partition coefficient (Wildman–Crippen LogP) is 7.35. The highest BCUT2D eigenvalue weighted by Crippen LogP contribution is 2.35. The quantitative estimate of drug-likeness (QED) is 0.464. The molecular weight excluding hydrogens is 326 g/mol. The van der Waals surface area contributed by atoms with Gasteiger partial charge in [-0.15, -0.1) is 0 Å². The molecule has 26 heavy (non-hydrogen) atoms. The van der Waals surface area contributed by atoms with Crippen LogP contribution in [0.15, 0.2) is 66.7 Å². The Morgan fingerprint density at radius 3 is 1.69 bits per heavy atom. The highest BCUT2D eigenvalue weighted by atomic mass is 19.2. The molecule has 1 saturated carbocycles. The maximum atomic E-state index is 14.7. The third-order valence-corrected chi connectivity index (χ3v) is 5.47. The van der Waals surface area contributed by atoms with E-state index in [4.69, 9.17) is 0 Å². The largest absolute Gasteiger partial charge is 0.203 e. The molecule has 3 aromatic rings. The summed E-state index contributed by atoms with van der Waals surface area (Å²) in [4.78, 5) is 0. The van der Waals surface area contributed by atoms with Gasteiger partial charge in [-0.25, -0.2) is 8.78 Å². The number of rotatable bonds is 3. The lowest BCUT2D eigenvalue weighted by molar-refractivity contribution is 0.443. The monoisotopic (exact) mass is 348 g/mol. The average molecular weight is 348 g/mol. The zero-order valence-corrected chi connectivity index (χ0v) is 14.7. The molecule has 0 unspecified atom stereocenters. The molecule has 0 amide bonds. The van der Waals surface area contributed by atoms with E-state index in [1.54, 1.807) is 24.3 Å². The van der Waals surface area contributed by atoms with Crippen molar-refractivity contribution in [2.75, 3.05) is 0 Å². The lowest BCUT2D eigenvalue weighted by atomic mass is 9.83. The van der Waals surface area contributed by atoms with Gasteiger partial charge in [-0.2, -0.15) is 0 Å². The number of hydrogen-bond donors (Lipinski definition) is 0. The lowest BCUT2D eigenvalue weighted by Gasteiger charge is -2.22. The van der Waals surface area contributed by atoms with Crippen molar-refractivity contribution in [2.45, 2.75) is 38.0 Å². The summed E-state index contributed by atoms with van der Waals surface area (Å²) in [6.45, 7) is 0. The van der Waals surface area contributed by atoms with Crippen molar-refractivity contribution in [3.63, 3.8) is 0 Å². The van der Waals surface area contributed by atoms with E-state index in [0.717, 1.165) is 5.56 Å². The number of benzene rings is 3. The number of halogens is 2. The molecule has 0 heterocycles. The highest BCUT2D eigenvalue weighted by molar-refractivity contribution is 5.71. The molecule has 0 nitrogen and oxygen atoms in total. The molecular formula is C24H22F2.